The minimum Gasteiger partial charge on any atom is -0.378 e. The van der Waals surface area contributed by atoms with E-state index in [1.54, 1.807) is 6.20 Å². The number of pyridine rings is 1. The van der Waals surface area contributed by atoms with Crippen LogP contribution < -0.4 is 5.32 Å². The highest BCUT2D eigenvalue weighted by Crippen LogP contribution is 2.30. The molecule has 0 unspecified atom stereocenters. The van der Waals surface area contributed by atoms with Gasteiger partial charge in [-0.1, -0.05) is 11.3 Å². The van der Waals surface area contributed by atoms with Gasteiger partial charge in [-0.2, -0.15) is 0 Å². The molecule has 6 heteroatoms. The van der Waals surface area contributed by atoms with Crippen molar-refractivity contribution >= 4 is 28.7 Å². The molecule has 16 heavy (non-hydrogen) atoms. The molecule has 0 bridgehead atoms. The molecule has 2 rings (SSSR count). The van der Waals surface area contributed by atoms with E-state index in [2.05, 4.69) is 15.3 Å². The number of thiazole rings is 1. The first-order chi connectivity index (χ1) is 7.20. The summed E-state index contributed by atoms with van der Waals surface area (Å²) in [6, 6.07) is 1.44. The molecule has 3 nitrogen and oxygen atoms in total. The van der Waals surface area contributed by atoms with Gasteiger partial charge < -0.3 is 5.32 Å². The molecule has 0 aliphatic carbocycles. The molecule has 0 radical (unpaired) electrons. The summed E-state index contributed by atoms with van der Waals surface area (Å²) in [5.74, 6) is -0.341. The quantitative estimate of drug-likeness (QED) is 0.901. The summed E-state index contributed by atoms with van der Waals surface area (Å²) >= 11 is 1.49. The van der Waals surface area contributed by atoms with Crippen LogP contribution in [0.25, 0.3) is 10.6 Å². The summed E-state index contributed by atoms with van der Waals surface area (Å²) < 4.78 is 12.9. The molecule has 2 aromatic rings. The van der Waals surface area contributed by atoms with Crippen LogP contribution in [0.3, 0.4) is 0 Å². The number of hydrogen-bond donors (Lipinski definition) is 1. The molecule has 1 N–H and O–H groups in total. The van der Waals surface area contributed by atoms with Crippen LogP contribution in [0.1, 0.15) is 5.69 Å². The Bertz CT molecular complexity index is 487. The third-order valence-electron chi connectivity index (χ3n) is 1.98. The lowest BCUT2D eigenvalue weighted by Gasteiger charge is -1.94. The number of halogens is 2. The highest BCUT2D eigenvalue weighted by molar-refractivity contribution is 7.19. The zero-order chi connectivity index (χ0) is 10.8. The molecule has 0 saturated heterocycles. The Labute approximate surface area is 103 Å². The summed E-state index contributed by atoms with van der Waals surface area (Å²) in [6.45, 7) is 1.92. The maximum Gasteiger partial charge on any atom is 0.142 e. The van der Waals surface area contributed by atoms with E-state index in [0.717, 1.165) is 15.7 Å². The van der Waals surface area contributed by atoms with E-state index in [0.29, 0.717) is 5.56 Å². The Hall–Kier alpha value is -1.20. The molecule has 0 amide bonds. The van der Waals surface area contributed by atoms with Crippen molar-refractivity contribution in [3.8, 4) is 10.6 Å². The number of hydrogen-bond acceptors (Lipinski definition) is 4. The van der Waals surface area contributed by atoms with E-state index in [1.807, 2.05) is 14.0 Å². The Morgan fingerprint density at radius 2 is 2.12 bits per heavy atom. The van der Waals surface area contributed by atoms with Gasteiger partial charge in [0, 0.05) is 18.8 Å². The molecule has 0 aliphatic rings. The van der Waals surface area contributed by atoms with Gasteiger partial charge in [-0.25, -0.2) is 9.37 Å². The number of anilines is 1. The largest absolute Gasteiger partial charge is 0.378 e. The van der Waals surface area contributed by atoms with Gasteiger partial charge >= 0.3 is 0 Å². The number of aryl methyl sites for hydroxylation is 1. The molecule has 0 atom stereocenters. The Kier molecular flexibility index (Phi) is 4.20. The third-order valence-corrected chi connectivity index (χ3v) is 3.20. The predicted octanol–water partition coefficient (Wildman–Crippen LogP) is 3.12. The van der Waals surface area contributed by atoms with Crippen LogP contribution in [0.15, 0.2) is 18.5 Å². The number of rotatable bonds is 2. The van der Waals surface area contributed by atoms with Crippen molar-refractivity contribution in [2.75, 3.05) is 12.4 Å². The lowest BCUT2D eigenvalue weighted by Crippen LogP contribution is -1.85. The van der Waals surface area contributed by atoms with Crippen LogP contribution in [0.2, 0.25) is 0 Å². The van der Waals surface area contributed by atoms with E-state index >= 15 is 0 Å². The van der Waals surface area contributed by atoms with Crippen LogP contribution in [0, 0.1) is 12.7 Å². The van der Waals surface area contributed by atoms with Gasteiger partial charge in [0.2, 0.25) is 0 Å². The Morgan fingerprint density at radius 1 is 1.38 bits per heavy atom. The van der Waals surface area contributed by atoms with E-state index in [4.69, 9.17) is 0 Å². The summed E-state index contributed by atoms with van der Waals surface area (Å²) in [5.41, 5.74) is 1.63. The minimum atomic E-state index is -0.341. The van der Waals surface area contributed by atoms with Crippen molar-refractivity contribution in [3.63, 3.8) is 0 Å². The standard InChI is InChI=1S/C10H10FN3S.ClH/c1-6-9(12-2)15-10(14-6)7-3-8(11)5-13-4-7;/h3-5,12H,1-2H3;1H. The lowest BCUT2D eigenvalue weighted by molar-refractivity contribution is 0.622. The first-order valence-electron chi connectivity index (χ1n) is 4.47. The molecule has 86 valence electrons. The second kappa shape index (κ2) is 5.23. The molecule has 0 aliphatic heterocycles. The van der Waals surface area contributed by atoms with Gasteiger partial charge in [0.25, 0.3) is 0 Å². The van der Waals surface area contributed by atoms with Crippen molar-refractivity contribution in [1.29, 1.82) is 0 Å². The van der Waals surface area contributed by atoms with Crippen LogP contribution >= 0.6 is 23.7 Å². The first-order valence-corrected chi connectivity index (χ1v) is 5.28. The zero-order valence-corrected chi connectivity index (χ0v) is 10.5. The predicted molar refractivity (Wildman–Crippen MR) is 66.8 cm³/mol. The van der Waals surface area contributed by atoms with Crippen molar-refractivity contribution in [2.24, 2.45) is 0 Å². The Balaban J connectivity index is 0.00000128. The number of nitrogens with zero attached hydrogens (tertiary/aromatic N) is 2. The van der Waals surface area contributed by atoms with Crippen molar-refractivity contribution in [1.82, 2.24) is 9.97 Å². The van der Waals surface area contributed by atoms with Gasteiger partial charge in [0.15, 0.2) is 0 Å². The van der Waals surface area contributed by atoms with Crippen LogP contribution in [0.4, 0.5) is 9.39 Å². The van der Waals surface area contributed by atoms with Crippen molar-refractivity contribution in [3.05, 3.63) is 30.0 Å². The summed E-state index contributed by atoms with van der Waals surface area (Å²) in [4.78, 5) is 8.14. The smallest absolute Gasteiger partial charge is 0.142 e. The summed E-state index contributed by atoms with van der Waals surface area (Å²) in [5, 5.41) is 4.82. The Morgan fingerprint density at radius 3 is 2.69 bits per heavy atom. The van der Waals surface area contributed by atoms with E-state index in [9.17, 15) is 4.39 Å². The molecular weight excluding hydrogens is 249 g/mol. The van der Waals surface area contributed by atoms with Gasteiger partial charge in [0.1, 0.15) is 15.8 Å². The normalized spacial score (nSPS) is 9.69. The molecule has 0 aromatic carbocycles. The maximum absolute atomic E-state index is 12.9. The van der Waals surface area contributed by atoms with Crippen LogP contribution in [-0.2, 0) is 0 Å². The average molecular weight is 260 g/mol. The molecule has 0 fully saturated rings. The first kappa shape index (κ1) is 12.9. The van der Waals surface area contributed by atoms with E-state index in [1.165, 1.54) is 23.6 Å². The van der Waals surface area contributed by atoms with Gasteiger partial charge in [0.05, 0.1) is 11.9 Å². The third kappa shape index (κ3) is 2.48. The monoisotopic (exact) mass is 259 g/mol. The molecule has 0 saturated carbocycles. The van der Waals surface area contributed by atoms with Crippen molar-refractivity contribution < 1.29 is 4.39 Å². The number of nitrogens with one attached hydrogen (secondary N) is 1. The fraction of sp³-hybridized carbons (Fsp3) is 0.200. The summed E-state index contributed by atoms with van der Waals surface area (Å²) in [6.07, 6.45) is 2.80. The SMILES string of the molecule is CNc1sc(-c2cncc(F)c2)nc1C.Cl. The maximum atomic E-state index is 12.9. The van der Waals surface area contributed by atoms with Gasteiger partial charge in [-0.05, 0) is 13.0 Å². The van der Waals surface area contributed by atoms with Gasteiger partial charge in [-0.3, -0.25) is 4.98 Å². The molecular formula is C10H11ClFN3S. The topological polar surface area (TPSA) is 37.8 Å². The highest BCUT2D eigenvalue weighted by Gasteiger charge is 2.08. The highest BCUT2D eigenvalue weighted by atomic mass is 35.5. The second-order valence-corrected chi connectivity index (χ2v) is 4.07. The molecule has 2 heterocycles. The summed E-state index contributed by atoms with van der Waals surface area (Å²) in [7, 11) is 1.84. The molecule has 0 spiro atoms. The number of aromatic nitrogens is 2. The van der Waals surface area contributed by atoms with E-state index < -0.39 is 0 Å². The minimum absolute atomic E-state index is 0. The van der Waals surface area contributed by atoms with Crippen LogP contribution in [-0.4, -0.2) is 17.0 Å². The fourth-order valence-corrected chi connectivity index (χ4v) is 2.18. The van der Waals surface area contributed by atoms with Crippen LogP contribution in [0.5, 0.6) is 0 Å². The fourth-order valence-electron chi connectivity index (χ4n) is 1.28. The second-order valence-electron chi connectivity index (χ2n) is 3.08. The average Bonchev–Trinajstić information content (AvgIpc) is 2.60. The van der Waals surface area contributed by atoms with E-state index in [-0.39, 0.29) is 18.2 Å². The lowest BCUT2D eigenvalue weighted by atomic mass is 10.3. The molecule has 2 aromatic heterocycles. The van der Waals surface area contributed by atoms with Gasteiger partial charge in [-0.15, -0.1) is 12.4 Å². The van der Waals surface area contributed by atoms with Crippen molar-refractivity contribution in [2.45, 2.75) is 6.92 Å². The zero-order valence-electron chi connectivity index (χ0n) is 8.82.